The van der Waals surface area contributed by atoms with Crippen LogP contribution in [0.15, 0.2) is 78.9 Å². The van der Waals surface area contributed by atoms with Crippen molar-refractivity contribution in [3.05, 3.63) is 95.0 Å². The molecular formula is C23H21ClN2O3. The molecule has 0 aliphatic heterocycles. The molecule has 3 aromatic rings. The Labute approximate surface area is 174 Å². The van der Waals surface area contributed by atoms with E-state index in [2.05, 4.69) is 5.32 Å². The van der Waals surface area contributed by atoms with Crippen molar-refractivity contribution in [2.45, 2.75) is 6.61 Å². The number of benzene rings is 3. The Bertz CT molecular complexity index is 975. The van der Waals surface area contributed by atoms with Gasteiger partial charge in [-0.3, -0.25) is 9.59 Å². The van der Waals surface area contributed by atoms with Gasteiger partial charge < -0.3 is 15.0 Å². The van der Waals surface area contributed by atoms with E-state index in [4.69, 9.17) is 16.3 Å². The van der Waals surface area contributed by atoms with Crippen LogP contribution in [0, 0.1) is 0 Å². The third-order valence-corrected chi connectivity index (χ3v) is 4.44. The molecule has 0 atom stereocenters. The summed E-state index contributed by atoms with van der Waals surface area (Å²) in [4.78, 5) is 26.2. The molecule has 0 saturated heterocycles. The second-order valence-electron chi connectivity index (χ2n) is 6.52. The van der Waals surface area contributed by atoms with Crippen molar-refractivity contribution in [2.75, 3.05) is 18.9 Å². The van der Waals surface area contributed by atoms with Crippen molar-refractivity contribution >= 4 is 29.1 Å². The number of anilines is 1. The van der Waals surface area contributed by atoms with Crippen molar-refractivity contribution in [1.82, 2.24) is 4.90 Å². The molecule has 1 N–H and O–H groups in total. The summed E-state index contributed by atoms with van der Waals surface area (Å²) < 4.78 is 5.77. The summed E-state index contributed by atoms with van der Waals surface area (Å²) in [6.45, 7) is 0.342. The number of halogens is 1. The zero-order chi connectivity index (χ0) is 20.6. The maximum atomic E-state index is 12.7. The molecule has 0 heterocycles. The number of ether oxygens (including phenoxy) is 1. The summed E-state index contributed by atoms with van der Waals surface area (Å²) in [5, 5.41) is 3.33. The third-order valence-electron chi connectivity index (χ3n) is 4.18. The summed E-state index contributed by atoms with van der Waals surface area (Å²) in [5.74, 6) is 0.0415. The summed E-state index contributed by atoms with van der Waals surface area (Å²) in [5.41, 5.74) is 2.12. The maximum absolute atomic E-state index is 12.7. The molecular weight excluding hydrogens is 388 g/mol. The average Bonchev–Trinajstić information content (AvgIpc) is 2.74. The fourth-order valence-corrected chi connectivity index (χ4v) is 2.83. The van der Waals surface area contributed by atoms with E-state index in [0.717, 1.165) is 5.56 Å². The number of carbonyl (C=O) groups is 2. The van der Waals surface area contributed by atoms with E-state index in [0.29, 0.717) is 28.6 Å². The number of rotatable bonds is 7. The number of hydrogen-bond donors (Lipinski definition) is 1. The number of carbonyl (C=O) groups excluding carboxylic acids is 2. The Morgan fingerprint density at radius 2 is 1.69 bits per heavy atom. The Morgan fingerprint density at radius 1 is 0.966 bits per heavy atom. The van der Waals surface area contributed by atoms with Crippen LogP contribution in [0.5, 0.6) is 5.75 Å². The molecule has 0 saturated carbocycles. The van der Waals surface area contributed by atoms with Crippen molar-refractivity contribution in [3.63, 3.8) is 0 Å². The summed E-state index contributed by atoms with van der Waals surface area (Å²) in [7, 11) is 1.58. The predicted molar refractivity (Wildman–Crippen MR) is 114 cm³/mol. The molecule has 0 aromatic heterocycles. The highest BCUT2D eigenvalue weighted by molar-refractivity contribution is 6.30. The topological polar surface area (TPSA) is 58.6 Å². The largest absolute Gasteiger partial charge is 0.489 e. The second-order valence-corrected chi connectivity index (χ2v) is 6.95. The fourth-order valence-electron chi connectivity index (χ4n) is 2.70. The Kier molecular flexibility index (Phi) is 6.87. The molecule has 29 heavy (non-hydrogen) atoms. The minimum Gasteiger partial charge on any atom is -0.489 e. The van der Waals surface area contributed by atoms with Crippen LogP contribution in [-0.2, 0) is 11.4 Å². The molecule has 0 unspecified atom stereocenters. The highest BCUT2D eigenvalue weighted by Crippen LogP contribution is 2.17. The van der Waals surface area contributed by atoms with Gasteiger partial charge in [-0.05, 0) is 48.0 Å². The number of nitrogens with one attached hydrogen (secondary N) is 1. The molecule has 0 aliphatic carbocycles. The first-order valence-corrected chi connectivity index (χ1v) is 9.47. The van der Waals surface area contributed by atoms with Gasteiger partial charge in [-0.15, -0.1) is 0 Å². The Balaban J connectivity index is 1.57. The van der Waals surface area contributed by atoms with Gasteiger partial charge in [-0.1, -0.05) is 48.0 Å². The molecule has 5 nitrogen and oxygen atoms in total. The van der Waals surface area contributed by atoms with Gasteiger partial charge >= 0.3 is 0 Å². The van der Waals surface area contributed by atoms with Crippen molar-refractivity contribution in [1.29, 1.82) is 0 Å². The normalized spacial score (nSPS) is 10.3. The average molecular weight is 409 g/mol. The molecule has 2 amide bonds. The number of hydrogen-bond acceptors (Lipinski definition) is 3. The first-order valence-electron chi connectivity index (χ1n) is 9.09. The highest BCUT2D eigenvalue weighted by atomic mass is 35.5. The van der Waals surface area contributed by atoms with Crippen LogP contribution in [0.1, 0.15) is 15.9 Å². The van der Waals surface area contributed by atoms with Crippen LogP contribution < -0.4 is 10.1 Å². The van der Waals surface area contributed by atoms with Crippen molar-refractivity contribution in [2.24, 2.45) is 0 Å². The lowest BCUT2D eigenvalue weighted by Crippen LogP contribution is -2.34. The summed E-state index contributed by atoms with van der Waals surface area (Å²) >= 11 is 5.84. The molecule has 0 aliphatic rings. The number of amides is 2. The highest BCUT2D eigenvalue weighted by Gasteiger charge is 2.16. The Morgan fingerprint density at radius 3 is 2.41 bits per heavy atom. The fraction of sp³-hybridized carbons (Fsp3) is 0.130. The van der Waals surface area contributed by atoms with Gasteiger partial charge in [0.25, 0.3) is 5.91 Å². The van der Waals surface area contributed by atoms with E-state index in [1.54, 1.807) is 55.6 Å². The molecule has 6 heteroatoms. The van der Waals surface area contributed by atoms with Crippen molar-refractivity contribution < 1.29 is 14.3 Å². The number of nitrogens with zero attached hydrogens (tertiary/aromatic N) is 1. The third kappa shape index (κ3) is 6.09. The molecule has 3 aromatic carbocycles. The molecule has 0 spiro atoms. The van der Waals surface area contributed by atoms with Crippen LogP contribution in [0.3, 0.4) is 0 Å². The van der Waals surface area contributed by atoms with E-state index in [1.807, 2.05) is 30.3 Å². The quantitative estimate of drug-likeness (QED) is 0.620. The standard InChI is InChI=1S/C23H21ClN2O3/c1-26(15-22(27)25-20-12-10-19(24)11-13-20)23(28)18-8-5-9-21(14-18)29-16-17-6-3-2-4-7-17/h2-14H,15-16H2,1H3,(H,25,27). The van der Waals surface area contributed by atoms with E-state index < -0.39 is 0 Å². The lowest BCUT2D eigenvalue weighted by atomic mass is 10.2. The van der Waals surface area contributed by atoms with E-state index >= 15 is 0 Å². The molecule has 0 bridgehead atoms. The van der Waals surface area contributed by atoms with E-state index in [9.17, 15) is 9.59 Å². The van der Waals surface area contributed by atoms with Gasteiger partial charge in [0.2, 0.25) is 5.91 Å². The summed E-state index contributed by atoms with van der Waals surface area (Å²) in [6.07, 6.45) is 0. The lowest BCUT2D eigenvalue weighted by Gasteiger charge is -2.17. The Hall–Kier alpha value is -3.31. The van der Waals surface area contributed by atoms with Gasteiger partial charge in [-0.25, -0.2) is 0 Å². The zero-order valence-electron chi connectivity index (χ0n) is 16.0. The minimum absolute atomic E-state index is 0.0729. The predicted octanol–water partition coefficient (Wildman–Crippen LogP) is 4.63. The summed E-state index contributed by atoms with van der Waals surface area (Å²) in [6, 6.07) is 23.5. The van der Waals surface area contributed by atoms with Gasteiger partial charge in [0.1, 0.15) is 12.4 Å². The van der Waals surface area contributed by atoms with E-state index in [1.165, 1.54) is 4.90 Å². The number of likely N-dealkylation sites (N-methyl/N-ethyl adjacent to an activating group) is 1. The van der Waals surface area contributed by atoms with Gasteiger partial charge in [0.05, 0.1) is 6.54 Å². The van der Waals surface area contributed by atoms with Crippen LogP contribution >= 0.6 is 11.6 Å². The van der Waals surface area contributed by atoms with Crippen molar-refractivity contribution in [3.8, 4) is 5.75 Å². The lowest BCUT2D eigenvalue weighted by molar-refractivity contribution is -0.116. The molecule has 3 rings (SSSR count). The monoisotopic (exact) mass is 408 g/mol. The van der Waals surface area contributed by atoms with Gasteiger partial charge in [-0.2, -0.15) is 0 Å². The first-order chi connectivity index (χ1) is 14.0. The van der Waals surface area contributed by atoms with E-state index in [-0.39, 0.29) is 18.4 Å². The second kappa shape index (κ2) is 9.75. The van der Waals surface area contributed by atoms with Crippen LogP contribution in [0.25, 0.3) is 0 Å². The minimum atomic E-state index is -0.292. The van der Waals surface area contributed by atoms with Crippen LogP contribution in [-0.4, -0.2) is 30.3 Å². The molecule has 0 radical (unpaired) electrons. The van der Waals surface area contributed by atoms with Crippen LogP contribution in [0.4, 0.5) is 5.69 Å². The van der Waals surface area contributed by atoms with Gasteiger partial charge in [0, 0.05) is 23.3 Å². The SMILES string of the molecule is CN(CC(=O)Nc1ccc(Cl)cc1)C(=O)c1cccc(OCc2ccccc2)c1. The van der Waals surface area contributed by atoms with Gasteiger partial charge in [0.15, 0.2) is 0 Å². The molecule has 0 fully saturated rings. The smallest absolute Gasteiger partial charge is 0.254 e. The zero-order valence-corrected chi connectivity index (χ0v) is 16.7. The van der Waals surface area contributed by atoms with Crippen LogP contribution in [0.2, 0.25) is 5.02 Å². The molecule has 148 valence electrons. The first kappa shape index (κ1) is 20.4. The maximum Gasteiger partial charge on any atom is 0.254 e.